The van der Waals surface area contributed by atoms with Gasteiger partial charge in [0.1, 0.15) is 5.60 Å². The molecule has 0 aliphatic carbocycles. The summed E-state index contributed by atoms with van der Waals surface area (Å²) in [6.07, 6.45) is 5.00. The average Bonchev–Trinajstić information content (AvgIpc) is 3.24. The molecule has 62 heavy (non-hydrogen) atoms. The fraction of sp³-hybridized carbons (Fsp3) is 0.681. The van der Waals surface area contributed by atoms with E-state index in [4.69, 9.17) is 33.2 Å². The second-order valence-corrected chi connectivity index (χ2v) is 17.5. The summed E-state index contributed by atoms with van der Waals surface area (Å²) in [7, 11) is 6.51. The standard InChI is InChI=1S/C26H42N2O6.C21H34N2O4.ClH/c1-19(2)17-28(21-10-8-13-27(18-21)25(30)34-26(3,4)5)24(29)20-11-12-22(32-7)23(16-20)33-15-9-14-31-6;1-16(2)15-23(18-7-5-10-22-14-18)21(24)17-8-9-19(26-4)20(13-17)27-12-6-11-25-3;/h11-12,16,19,21H,8-10,13-15,17-18H2,1-7H3;8-9,13,16,18,22H,5-7,10-12,14-15H2,1-4H3;1H/t21-;18-;/m11./s1. The van der Waals surface area contributed by atoms with Crippen LogP contribution in [0, 0.1) is 11.8 Å². The van der Waals surface area contributed by atoms with Crippen LogP contribution in [0.1, 0.15) is 108 Å². The minimum atomic E-state index is -0.555. The van der Waals surface area contributed by atoms with Crippen molar-refractivity contribution in [2.45, 2.75) is 105 Å². The summed E-state index contributed by atoms with van der Waals surface area (Å²) in [6.45, 7) is 20.6. The monoisotopic (exact) mass is 893 g/mol. The smallest absolute Gasteiger partial charge is 0.410 e. The van der Waals surface area contributed by atoms with Gasteiger partial charge in [0, 0.05) is 96.2 Å². The maximum atomic E-state index is 13.7. The molecule has 0 aromatic heterocycles. The van der Waals surface area contributed by atoms with Crippen molar-refractivity contribution in [1.29, 1.82) is 0 Å². The first-order valence-electron chi connectivity index (χ1n) is 22.0. The van der Waals surface area contributed by atoms with E-state index in [9.17, 15) is 14.4 Å². The molecule has 2 aliphatic heterocycles. The number of likely N-dealkylation sites (tertiary alicyclic amines) is 1. The Morgan fingerprint density at radius 2 is 1.19 bits per heavy atom. The van der Waals surface area contributed by atoms with Crippen molar-refractivity contribution >= 4 is 30.3 Å². The molecule has 4 rings (SSSR count). The van der Waals surface area contributed by atoms with Crippen molar-refractivity contribution in [3.63, 3.8) is 0 Å². The number of nitrogens with one attached hydrogen (secondary N) is 1. The van der Waals surface area contributed by atoms with E-state index in [2.05, 4.69) is 33.0 Å². The molecule has 2 aromatic rings. The van der Waals surface area contributed by atoms with Gasteiger partial charge in [-0.1, -0.05) is 27.7 Å². The maximum Gasteiger partial charge on any atom is 0.410 e. The third-order valence-corrected chi connectivity index (χ3v) is 10.2. The number of carbonyl (C=O) groups is 3. The first kappa shape index (κ1) is 54.2. The molecule has 2 aromatic carbocycles. The van der Waals surface area contributed by atoms with Crippen molar-refractivity contribution in [3.8, 4) is 23.0 Å². The lowest BCUT2D eigenvalue weighted by molar-refractivity contribution is 0.00945. The summed E-state index contributed by atoms with van der Waals surface area (Å²) in [5, 5.41) is 3.41. The maximum absolute atomic E-state index is 13.7. The molecule has 0 spiro atoms. The van der Waals surface area contributed by atoms with Crippen molar-refractivity contribution in [1.82, 2.24) is 20.0 Å². The molecule has 15 heteroatoms. The molecule has 0 unspecified atom stereocenters. The molecular weight excluding hydrogens is 816 g/mol. The van der Waals surface area contributed by atoms with Crippen LogP contribution in [-0.4, -0.2) is 144 Å². The number of ether oxygens (including phenoxy) is 7. The van der Waals surface area contributed by atoms with Crippen molar-refractivity contribution in [2.24, 2.45) is 11.8 Å². The van der Waals surface area contributed by atoms with E-state index in [1.54, 1.807) is 57.6 Å². The summed E-state index contributed by atoms with van der Waals surface area (Å²) < 4.78 is 38.2. The fourth-order valence-corrected chi connectivity index (χ4v) is 7.33. The number of nitrogens with zero attached hydrogens (tertiary/aromatic N) is 3. The molecule has 2 heterocycles. The highest BCUT2D eigenvalue weighted by atomic mass is 35.5. The lowest BCUT2D eigenvalue weighted by Gasteiger charge is -2.40. The Balaban J connectivity index is 0.000000430. The second kappa shape index (κ2) is 27.9. The van der Waals surface area contributed by atoms with Crippen LogP contribution in [0.2, 0.25) is 0 Å². The Hall–Kier alpha value is -3.98. The minimum absolute atomic E-state index is 0. The number of benzene rings is 2. The molecule has 14 nitrogen and oxygen atoms in total. The molecule has 2 fully saturated rings. The Morgan fingerprint density at radius 1 is 0.710 bits per heavy atom. The van der Waals surface area contributed by atoms with E-state index in [0.717, 1.165) is 58.2 Å². The van der Waals surface area contributed by atoms with Crippen LogP contribution in [0.5, 0.6) is 23.0 Å². The molecule has 3 amide bonds. The van der Waals surface area contributed by atoms with Crippen LogP contribution >= 0.6 is 12.4 Å². The van der Waals surface area contributed by atoms with Crippen LogP contribution in [-0.2, 0) is 14.2 Å². The third kappa shape index (κ3) is 18.0. The SMILES string of the molecule is COCCCOc1cc(C(=O)N(CC(C)C)[C@@H]2CCCN(C(=O)OC(C)(C)C)C2)ccc1OC.COCCCOc1cc(C(=O)N(CC(C)C)[C@@H]2CCCNC2)ccc1OC.Cl. The molecular formula is C47H77ClN4O10. The lowest BCUT2D eigenvalue weighted by Crippen LogP contribution is -2.53. The van der Waals surface area contributed by atoms with E-state index < -0.39 is 5.60 Å². The number of piperidine rings is 2. The number of rotatable bonds is 20. The highest BCUT2D eigenvalue weighted by molar-refractivity contribution is 5.96. The van der Waals surface area contributed by atoms with E-state index in [1.165, 1.54) is 0 Å². The van der Waals surface area contributed by atoms with Crippen LogP contribution < -0.4 is 24.3 Å². The number of hydrogen-bond acceptors (Lipinski definition) is 11. The third-order valence-electron chi connectivity index (χ3n) is 10.2. The Labute approximate surface area is 378 Å². The van der Waals surface area contributed by atoms with Gasteiger partial charge in [-0.15, -0.1) is 12.4 Å². The molecule has 352 valence electrons. The zero-order valence-electron chi connectivity index (χ0n) is 39.4. The Kier molecular flexibility index (Phi) is 24.4. The molecule has 0 saturated carbocycles. The van der Waals surface area contributed by atoms with Crippen LogP contribution in [0.15, 0.2) is 36.4 Å². The number of methoxy groups -OCH3 is 4. The minimum Gasteiger partial charge on any atom is -0.493 e. The second-order valence-electron chi connectivity index (χ2n) is 17.5. The van der Waals surface area contributed by atoms with Gasteiger partial charge in [-0.05, 0) is 101 Å². The van der Waals surface area contributed by atoms with Gasteiger partial charge in [-0.2, -0.15) is 0 Å². The summed E-state index contributed by atoms with van der Waals surface area (Å²) in [5.41, 5.74) is 0.626. The molecule has 0 bridgehead atoms. The zero-order chi connectivity index (χ0) is 45.0. The first-order valence-corrected chi connectivity index (χ1v) is 22.0. The van der Waals surface area contributed by atoms with Crippen LogP contribution in [0.3, 0.4) is 0 Å². The molecule has 1 N–H and O–H groups in total. The Bertz CT molecular complexity index is 1630. The van der Waals surface area contributed by atoms with E-state index >= 15 is 0 Å². The average molecular weight is 894 g/mol. The summed E-state index contributed by atoms with van der Waals surface area (Å²) in [5.74, 6) is 3.04. The number of amides is 3. The number of carbonyl (C=O) groups excluding carboxylic acids is 3. The van der Waals surface area contributed by atoms with Gasteiger partial charge >= 0.3 is 6.09 Å². The van der Waals surface area contributed by atoms with Crippen molar-refractivity contribution < 1.29 is 47.5 Å². The van der Waals surface area contributed by atoms with E-state index in [1.807, 2.05) is 42.7 Å². The number of hydrogen-bond donors (Lipinski definition) is 1. The molecule has 2 atom stereocenters. The zero-order valence-corrected chi connectivity index (χ0v) is 40.2. The van der Waals surface area contributed by atoms with Gasteiger partial charge in [-0.25, -0.2) is 4.79 Å². The quantitative estimate of drug-likeness (QED) is 0.130. The van der Waals surface area contributed by atoms with Crippen molar-refractivity contribution in [2.75, 3.05) is 94.1 Å². The van der Waals surface area contributed by atoms with Gasteiger partial charge in [0.05, 0.1) is 27.4 Å². The molecule has 2 saturated heterocycles. The van der Waals surface area contributed by atoms with E-state index in [0.29, 0.717) is 86.1 Å². The number of halogens is 1. The van der Waals surface area contributed by atoms with Gasteiger partial charge in [0.25, 0.3) is 11.8 Å². The topological polar surface area (TPSA) is 138 Å². The summed E-state index contributed by atoms with van der Waals surface area (Å²) in [4.78, 5) is 45.3. The largest absolute Gasteiger partial charge is 0.493 e. The van der Waals surface area contributed by atoms with Gasteiger partial charge in [-0.3, -0.25) is 9.59 Å². The van der Waals surface area contributed by atoms with Gasteiger partial charge in [0.15, 0.2) is 23.0 Å². The summed E-state index contributed by atoms with van der Waals surface area (Å²) >= 11 is 0. The first-order chi connectivity index (χ1) is 29.1. The highest BCUT2D eigenvalue weighted by Crippen LogP contribution is 2.31. The predicted octanol–water partition coefficient (Wildman–Crippen LogP) is 7.99. The normalized spacial score (nSPS) is 16.4. The Morgan fingerprint density at radius 3 is 1.61 bits per heavy atom. The highest BCUT2D eigenvalue weighted by Gasteiger charge is 2.34. The van der Waals surface area contributed by atoms with Crippen LogP contribution in [0.4, 0.5) is 4.79 Å². The fourth-order valence-electron chi connectivity index (χ4n) is 7.33. The van der Waals surface area contributed by atoms with Crippen molar-refractivity contribution in [3.05, 3.63) is 47.5 Å². The summed E-state index contributed by atoms with van der Waals surface area (Å²) in [6, 6.07) is 10.9. The predicted molar refractivity (Wildman–Crippen MR) is 246 cm³/mol. The molecule has 0 radical (unpaired) electrons. The van der Waals surface area contributed by atoms with Gasteiger partial charge < -0.3 is 53.2 Å². The van der Waals surface area contributed by atoms with E-state index in [-0.39, 0.29) is 48.3 Å². The van der Waals surface area contributed by atoms with Crippen LogP contribution in [0.25, 0.3) is 0 Å². The molecule has 2 aliphatic rings. The van der Waals surface area contributed by atoms with Gasteiger partial charge in [0.2, 0.25) is 0 Å². The lowest BCUT2D eigenvalue weighted by atomic mass is 10.0.